The van der Waals surface area contributed by atoms with Crippen molar-refractivity contribution in [3.63, 3.8) is 0 Å². The summed E-state index contributed by atoms with van der Waals surface area (Å²) in [5.74, 6) is 0. The first-order chi connectivity index (χ1) is 4.91. The van der Waals surface area contributed by atoms with Crippen molar-refractivity contribution in [1.82, 2.24) is 5.32 Å². The molecule has 1 heterocycles. The molecular weight excluding hydrogens is 130 g/mol. The molecule has 3 heteroatoms. The predicted molar refractivity (Wildman–Crippen MR) is 40.0 cm³/mol. The Morgan fingerprint density at radius 2 is 2.00 bits per heavy atom. The summed E-state index contributed by atoms with van der Waals surface area (Å²) in [5.41, 5.74) is 0. The van der Waals surface area contributed by atoms with Crippen molar-refractivity contribution in [3.05, 3.63) is 0 Å². The molecule has 0 amide bonds. The van der Waals surface area contributed by atoms with Crippen molar-refractivity contribution in [2.45, 2.75) is 13.3 Å². The van der Waals surface area contributed by atoms with E-state index in [-0.39, 0.29) is 0 Å². The first-order valence-electron chi connectivity index (χ1n) is 3.64. The summed E-state index contributed by atoms with van der Waals surface area (Å²) < 4.78 is 5.01. The molecule has 1 aliphatic heterocycles. The molecule has 0 radical (unpaired) electrons. The van der Waals surface area contributed by atoms with Gasteiger partial charge in [0.2, 0.25) is 0 Å². The third-order valence-electron chi connectivity index (χ3n) is 1.01. The molecular formula is C7H15NO2. The van der Waals surface area contributed by atoms with Crippen LogP contribution in [0.1, 0.15) is 13.3 Å². The Morgan fingerprint density at radius 1 is 1.50 bits per heavy atom. The minimum atomic E-state index is 0.639. The molecule has 1 N–H and O–H groups in total. The van der Waals surface area contributed by atoms with Gasteiger partial charge in [-0.1, -0.05) is 6.92 Å². The highest BCUT2D eigenvalue weighted by molar-refractivity contribution is 5.48. The highest BCUT2D eigenvalue weighted by Crippen LogP contribution is 1.76. The fraction of sp³-hybridized carbons (Fsp3) is 0.857. The molecule has 0 aromatic carbocycles. The summed E-state index contributed by atoms with van der Waals surface area (Å²) >= 11 is 0. The molecule has 0 bridgehead atoms. The van der Waals surface area contributed by atoms with Gasteiger partial charge >= 0.3 is 0 Å². The zero-order valence-corrected chi connectivity index (χ0v) is 6.43. The molecule has 1 saturated heterocycles. The molecule has 60 valence electrons. The molecule has 0 spiro atoms. The zero-order valence-electron chi connectivity index (χ0n) is 6.43. The Morgan fingerprint density at radius 3 is 2.10 bits per heavy atom. The van der Waals surface area contributed by atoms with Crippen LogP contribution in [0, 0.1) is 0 Å². The Kier molecular flexibility index (Phi) is 8.24. The largest absolute Gasteiger partial charge is 0.379 e. The lowest BCUT2D eigenvalue weighted by molar-refractivity contribution is -0.107. The summed E-state index contributed by atoms with van der Waals surface area (Å²) in [7, 11) is 0. The lowest BCUT2D eigenvalue weighted by Crippen LogP contribution is -2.30. The monoisotopic (exact) mass is 145 g/mol. The topological polar surface area (TPSA) is 38.3 Å². The highest BCUT2D eigenvalue weighted by Gasteiger charge is 1.92. The summed E-state index contributed by atoms with van der Waals surface area (Å²) in [4.78, 5) is 9.17. The number of hydrogen-bond donors (Lipinski definition) is 1. The second-order valence-electron chi connectivity index (χ2n) is 1.94. The van der Waals surface area contributed by atoms with E-state index >= 15 is 0 Å². The SMILES string of the molecule is C1COCCN1.CCC=O. The maximum absolute atomic E-state index is 9.17. The maximum atomic E-state index is 9.17. The fourth-order valence-electron chi connectivity index (χ4n) is 0.516. The average Bonchev–Trinajstić information content (AvgIpc) is 2.08. The van der Waals surface area contributed by atoms with Crippen LogP contribution in [0.3, 0.4) is 0 Å². The molecule has 1 rings (SSSR count). The minimum Gasteiger partial charge on any atom is -0.379 e. The van der Waals surface area contributed by atoms with Crippen LogP contribution in [-0.2, 0) is 9.53 Å². The van der Waals surface area contributed by atoms with Gasteiger partial charge in [-0.2, -0.15) is 0 Å². The molecule has 0 atom stereocenters. The minimum absolute atomic E-state index is 0.639. The summed E-state index contributed by atoms with van der Waals surface area (Å²) in [5, 5.41) is 3.16. The van der Waals surface area contributed by atoms with Crippen LogP contribution in [0.25, 0.3) is 0 Å². The lowest BCUT2D eigenvalue weighted by atomic mass is 10.5. The average molecular weight is 145 g/mol. The van der Waals surface area contributed by atoms with Crippen molar-refractivity contribution in [1.29, 1.82) is 0 Å². The molecule has 0 saturated carbocycles. The van der Waals surface area contributed by atoms with Gasteiger partial charge in [0, 0.05) is 19.5 Å². The molecule has 0 aliphatic carbocycles. The molecule has 0 aromatic heterocycles. The van der Waals surface area contributed by atoms with E-state index in [9.17, 15) is 4.79 Å². The van der Waals surface area contributed by atoms with E-state index in [1.165, 1.54) is 0 Å². The van der Waals surface area contributed by atoms with Crippen LogP contribution >= 0.6 is 0 Å². The summed E-state index contributed by atoms with van der Waals surface area (Å²) in [6.07, 6.45) is 1.51. The molecule has 3 nitrogen and oxygen atoms in total. The van der Waals surface area contributed by atoms with Crippen LogP contribution in [0.4, 0.5) is 0 Å². The van der Waals surface area contributed by atoms with Crippen molar-refractivity contribution in [2.24, 2.45) is 0 Å². The van der Waals surface area contributed by atoms with E-state index in [0.717, 1.165) is 32.6 Å². The third-order valence-corrected chi connectivity index (χ3v) is 1.01. The second-order valence-corrected chi connectivity index (χ2v) is 1.94. The number of ether oxygens (including phenoxy) is 1. The van der Waals surface area contributed by atoms with Crippen molar-refractivity contribution in [2.75, 3.05) is 26.3 Å². The van der Waals surface area contributed by atoms with Crippen molar-refractivity contribution in [3.8, 4) is 0 Å². The van der Waals surface area contributed by atoms with Gasteiger partial charge < -0.3 is 14.8 Å². The number of carbonyl (C=O) groups excluding carboxylic acids is 1. The third kappa shape index (κ3) is 7.59. The summed E-state index contributed by atoms with van der Waals surface area (Å²) in [6.45, 7) is 5.65. The van der Waals surface area contributed by atoms with Gasteiger partial charge in [-0.05, 0) is 0 Å². The van der Waals surface area contributed by atoms with Crippen LogP contribution in [0.15, 0.2) is 0 Å². The van der Waals surface area contributed by atoms with Gasteiger partial charge in [0.15, 0.2) is 0 Å². The number of hydrogen-bond acceptors (Lipinski definition) is 3. The van der Waals surface area contributed by atoms with Crippen LogP contribution in [0.5, 0.6) is 0 Å². The van der Waals surface area contributed by atoms with Crippen LogP contribution < -0.4 is 5.32 Å². The van der Waals surface area contributed by atoms with E-state index in [1.807, 2.05) is 6.92 Å². The summed E-state index contributed by atoms with van der Waals surface area (Å²) in [6, 6.07) is 0. The molecule has 0 unspecified atom stereocenters. The molecule has 0 aromatic rings. The lowest BCUT2D eigenvalue weighted by Gasteiger charge is -2.10. The second kappa shape index (κ2) is 8.59. The Hall–Kier alpha value is -0.410. The molecule has 1 fully saturated rings. The first kappa shape index (κ1) is 9.59. The first-order valence-corrected chi connectivity index (χ1v) is 3.64. The Bertz CT molecular complexity index is 60.5. The number of rotatable bonds is 1. The van der Waals surface area contributed by atoms with Gasteiger partial charge in [-0.15, -0.1) is 0 Å². The van der Waals surface area contributed by atoms with E-state index in [1.54, 1.807) is 0 Å². The van der Waals surface area contributed by atoms with Crippen LogP contribution in [0.2, 0.25) is 0 Å². The predicted octanol–water partition coefficient (Wildman–Crippen LogP) is 0.201. The van der Waals surface area contributed by atoms with E-state index in [4.69, 9.17) is 4.74 Å². The standard InChI is InChI=1S/C4H9NO.C3H6O/c1-3-6-4-2-5-1;1-2-3-4/h5H,1-4H2;3H,2H2,1H3. The number of morpholine rings is 1. The number of carbonyl (C=O) groups is 1. The van der Waals surface area contributed by atoms with Gasteiger partial charge in [0.25, 0.3) is 0 Å². The van der Waals surface area contributed by atoms with Gasteiger partial charge in [-0.25, -0.2) is 0 Å². The Labute approximate surface area is 61.8 Å². The highest BCUT2D eigenvalue weighted by atomic mass is 16.5. The molecule has 10 heavy (non-hydrogen) atoms. The van der Waals surface area contributed by atoms with Crippen LogP contribution in [-0.4, -0.2) is 32.6 Å². The zero-order chi connectivity index (χ0) is 7.66. The number of aldehydes is 1. The maximum Gasteiger partial charge on any atom is 0.119 e. The van der Waals surface area contributed by atoms with Crippen molar-refractivity contribution < 1.29 is 9.53 Å². The van der Waals surface area contributed by atoms with Gasteiger partial charge in [-0.3, -0.25) is 0 Å². The molecule has 1 aliphatic rings. The normalized spacial score (nSPS) is 16.9. The van der Waals surface area contributed by atoms with E-state index in [2.05, 4.69) is 5.32 Å². The quantitative estimate of drug-likeness (QED) is 0.536. The van der Waals surface area contributed by atoms with E-state index in [0.29, 0.717) is 6.42 Å². The Balaban J connectivity index is 0.000000180. The fourth-order valence-corrected chi connectivity index (χ4v) is 0.516. The smallest absolute Gasteiger partial charge is 0.119 e. The van der Waals surface area contributed by atoms with Crippen molar-refractivity contribution >= 4 is 6.29 Å². The van der Waals surface area contributed by atoms with E-state index < -0.39 is 0 Å². The van der Waals surface area contributed by atoms with Gasteiger partial charge in [0.1, 0.15) is 6.29 Å². The van der Waals surface area contributed by atoms with Gasteiger partial charge in [0.05, 0.1) is 13.2 Å². The number of nitrogens with one attached hydrogen (secondary N) is 1.